The summed E-state index contributed by atoms with van der Waals surface area (Å²) in [6.07, 6.45) is 0. The van der Waals surface area contributed by atoms with E-state index in [0.717, 1.165) is 12.1 Å². The molecule has 2 aromatic carbocycles. The molecule has 0 radical (unpaired) electrons. The van der Waals surface area contributed by atoms with E-state index in [-0.39, 0.29) is 18.9 Å². The van der Waals surface area contributed by atoms with Gasteiger partial charge in [0.25, 0.3) is 0 Å². The van der Waals surface area contributed by atoms with Crippen LogP contribution < -0.4 is 15.4 Å². The van der Waals surface area contributed by atoms with Gasteiger partial charge in [-0.05, 0) is 36.8 Å². The molecule has 3 N–H and O–H groups in total. The highest BCUT2D eigenvalue weighted by Gasteiger charge is 2.05. The molecule has 5 nitrogen and oxygen atoms in total. The molecule has 0 fully saturated rings. The van der Waals surface area contributed by atoms with Crippen LogP contribution in [0.3, 0.4) is 0 Å². The van der Waals surface area contributed by atoms with Gasteiger partial charge in [0.2, 0.25) is 0 Å². The van der Waals surface area contributed by atoms with Crippen molar-refractivity contribution < 1.29 is 23.0 Å². The van der Waals surface area contributed by atoms with Crippen LogP contribution in [0.5, 0.6) is 11.5 Å². The summed E-state index contributed by atoms with van der Waals surface area (Å²) in [7, 11) is 0. The number of hydrogen-bond donors (Lipinski definition) is 3. The number of phenols is 1. The normalized spacial score (nSPS) is 11.3. The number of guanidine groups is 1. The van der Waals surface area contributed by atoms with Crippen LogP contribution in [0, 0.1) is 17.5 Å². The molecule has 2 rings (SSSR count). The first-order chi connectivity index (χ1) is 12.5. The summed E-state index contributed by atoms with van der Waals surface area (Å²) in [6, 6.07) is 7.16. The van der Waals surface area contributed by atoms with Gasteiger partial charge in [-0.2, -0.15) is 0 Å². The minimum absolute atomic E-state index is 0.0327. The van der Waals surface area contributed by atoms with Crippen LogP contribution in [-0.4, -0.2) is 30.8 Å². The van der Waals surface area contributed by atoms with Gasteiger partial charge in [-0.1, -0.05) is 6.07 Å². The molecule has 0 aromatic heterocycles. The van der Waals surface area contributed by atoms with Crippen molar-refractivity contribution in [3.8, 4) is 11.5 Å². The first-order valence-electron chi connectivity index (χ1n) is 8.07. The van der Waals surface area contributed by atoms with Crippen molar-refractivity contribution in [3.05, 3.63) is 59.4 Å². The van der Waals surface area contributed by atoms with E-state index in [9.17, 15) is 18.3 Å². The molecule has 0 saturated carbocycles. The first kappa shape index (κ1) is 19.4. The van der Waals surface area contributed by atoms with Gasteiger partial charge in [0.1, 0.15) is 12.4 Å². The Morgan fingerprint density at radius 3 is 2.58 bits per heavy atom. The molecule has 0 bridgehead atoms. The molecule has 26 heavy (non-hydrogen) atoms. The first-order valence-corrected chi connectivity index (χ1v) is 8.07. The van der Waals surface area contributed by atoms with Crippen molar-refractivity contribution in [1.29, 1.82) is 0 Å². The summed E-state index contributed by atoms with van der Waals surface area (Å²) >= 11 is 0. The van der Waals surface area contributed by atoms with Gasteiger partial charge >= 0.3 is 0 Å². The number of benzene rings is 2. The lowest BCUT2D eigenvalue weighted by Crippen LogP contribution is -2.39. The maximum Gasteiger partial charge on any atom is 0.191 e. The highest BCUT2D eigenvalue weighted by Crippen LogP contribution is 2.17. The van der Waals surface area contributed by atoms with Crippen molar-refractivity contribution in [3.63, 3.8) is 0 Å². The summed E-state index contributed by atoms with van der Waals surface area (Å²) in [5.74, 6) is -2.10. The largest absolute Gasteiger partial charge is 0.505 e. The number of phenolic OH excluding ortho intramolecular Hbond substituents is 1. The lowest BCUT2D eigenvalue weighted by molar-refractivity contribution is 0.304. The van der Waals surface area contributed by atoms with Gasteiger partial charge in [0.15, 0.2) is 29.1 Å². The Morgan fingerprint density at radius 1 is 1.08 bits per heavy atom. The molecule has 0 saturated heterocycles. The van der Waals surface area contributed by atoms with Crippen molar-refractivity contribution in [2.24, 2.45) is 4.99 Å². The van der Waals surface area contributed by atoms with Gasteiger partial charge in [-0.25, -0.2) is 18.2 Å². The third-order valence-corrected chi connectivity index (χ3v) is 3.32. The second kappa shape index (κ2) is 9.55. The maximum atomic E-state index is 13.5. The maximum absolute atomic E-state index is 13.5. The zero-order valence-corrected chi connectivity index (χ0v) is 14.2. The summed E-state index contributed by atoms with van der Waals surface area (Å²) < 4.78 is 44.9. The van der Waals surface area contributed by atoms with Gasteiger partial charge in [0, 0.05) is 12.6 Å². The average molecular weight is 367 g/mol. The number of nitrogens with zero attached hydrogens (tertiary/aromatic N) is 1. The minimum Gasteiger partial charge on any atom is -0.505 e. The number of hydrogen-bond acceptors (Lipinski definition) is 3. The third-order valence-electron chi connectivity index (χ3n) is 3.32. The molecule has 0 amide bonds. The lowest BCUT2D eigenvalue weighted by Gasteiger charge is -2.12. The molecule has 0 spiro atoms. The molecule has 0 aliphatic rings. The smallest absolute Gasteiger partial charge is 0.191 e. The van der Waals surface area contributed by atoms with Gasteiger partial charge < -0.3 is 20.5 Å². The predicted molar refractivity (Wildman–Crippen MR) is 92.7 cm³/mol. The predicted octanol–water partition coefficient (Wildman–Crippen LogP) is 2.94. The van der Waals surface area contributed by atoms with Gasteiger partial charge in [-0.15, -0.1) is 0 Å². The SMILES string of the molecule is CCNC(=NCc1ccc(O)c(F)c1)NCCOc1ccc(F)cc1F. The minimum atomic E-state index is -0.764. The molecule has 0 aliphatic carbocycles. The number of aliphatic imine (C=N–C) groups is 1. The van der Waals surface area contributed by atoms with Crippen LogP contribution in [-0.2, 0) is 6.54 Å². The monoisotopic (exact) mass is 367 g/mol. The Bertz CT molecular complexity index is 769. The Morgan fingerprint density at radius 2 is 1.88 bits per heavy atom. The van der Waals surface area contributed by atoms with Crippen LogP contribution in [0.1, 0.15) is 12.5 Å². The number of rotatable bonds is 7. The number of nitrogens with one attached hydrogen (secondary N) is 2. The molecular formula is C18H20F3N3O2. The van der Waals surface area contributed by atoms with Crippen molar-refractivity contribution >= 4 is 5.96 Å². The Labute approximate surface area is 149 Å². The molecule has 140 valence electrons. The van der Waals surface area contributed by atoms with Crippen LogP contribution in [0.2, 0.25) is 0 Å². The van der Waals surface area contributed by atoms with Crippen LogP contribution in [0.25, 0.3) is 0 Å². The number of ether oxygens (including phenoxy) is 1. The fourth-order valence-electron chi connectivity index (χ4n) is 2.08. The third kappa shape index (κ3) is 5.87. The van der Waals surface area contributed by atoms with E-state index in [1.54, 1.807) is 6.07 Å². The fraction of sp³-hybridized carbons (Fsp3) is 0.278. The van der Waals surface area contributed by atoms with Crippen LogP contribution in [0.15, 0.2) is 41.4 Å². The van der Waals surface area contributed by atoms with E-state index < -0.39 is 23.2 Å². The van der Waals surface area contributed by atoms with Crippen molar-refractivity contribution in [1.82, 2.24) is 10.6 Å². The molecule has 0 aliphatic heterocycles. The van der Waals surface area contributed by atoms with Crippen molar-refractivity contribution in [2.45, 2.75) is 13.5 Å². The molecule has 8 heteroatoms. The van der Waals surface area contributed by atoms with E-state index in [0.29, 0.717) is 24.6 Å². The fourth-order valence-corrected chi connectivity index (χ4v) is 2.08. The van der Waals surface area contributed by atoms with E-state index in [1.165, 1.54) is 18.2 Å². The molecule has 0 unspecified atom stereocenters. The second-order valence-corrected chi connectivity index (χ2v) is 5.33. The highest BCUT2D eigenvalue weighted by molar-refractivity contribution is 5.79. The van der Waals surface area contributed by atoms with E-state index in [1.807, 2.05) is 6.92 Å². The Hall–Kier alpha value is -2.90. The second-order valence-electron chi connectivity index (χ2n) is 5.33. The summed E-state index contributed by atoms with van der Waals surface area (Å²) in [5, 5.41) is 15.2. The van der Waals surface area contributed by atoms with Crippen molar-refractivity contribution in [2.75, 3.05) is 19.7 Å². The quantitative estimate of drug-likeness (QED) is 0.400. The number of aromatic hydroxyl groups is 1. The summed E-state index contributed by atoms with van der Waals surface area (Å²) in [6.45, 7) is 3.18. The Kier molecular flexibility index (Phi) is 7.13. The molecular weight excluding hydrogens is 347 g/mol. The van der Waals surface area contributed by atoms with Crippen LogP contribution >= 0.6 is 0 Å². The number of halogens is 3. The molecule has 0 heterocycles. The average Bonchev–Trinajstić information content (AvgIpc) is 2.60. The standard InChI is InChI=1S/C18H20F3N3O2/c1-2-22-18(24-11-12-3-5-16(25)14(20)9-12)23-7-8-26-17-6-4-13(19)10-15(17)21/h3-6,9-10,25H,2,7-8,11H2,1H3,(H2,22,23,24). The van der Waals surface area contributed by atoms with E-state index in [2.05, 4.69) is 15.6 Å². The topological polar surface area (TPSA) is 65.9 Å². The zero-order valence-electron chi connectivity index (χ0n) is 14.2. The van der Waals surface area contributed by atoms with Crippen LogP contribution in [0.4, 0.5) is 13.2 Å². The zero-order chi connectivity index (χ0) is 18.9. The van der Waals surface area contributed by atoms with E-state index >= 15 is 0 Å². The summed E-state index contributed by atoms with van der Waals surface area (Å²) in [5.41, 5.74) is 0.599. The molecule has 2 aromatic rings. The highest BCUT2D eigenvalue weighted by atomic mass is 19.1. The lowest BCUT2D eigenvalue weighted by atomic mass is 10.2. The summed E-state index contributed by atoms with van der Waals surface area (Å²) in [4.78, 5) is 4.30. The Balaban J connectivity index is 1.85. The van der Waals surface area contributed by atoms with E-state index in [4.69, 9.17) is 4.74 Å². The molecule has 0 atom stereocenters. The van der Waals surface area contributed by atoms with Gasteiger partial charge in [0.05, 0.1) is 13.1 Å². The van der Waals surface area contributed by atoms with Gasteiger partial charge in [-0.3, -0.25) is 0 Å².